The van der Waals surface area contributed by atoms with Crippen LogP contribution in [0.15, 0.2) is 72.8 Å². The normalized spacial score (nSPS) is 13.4. The van der Waals surface area contributed by atoms with Crippen LogP contribution in [-0.2, 0) is 54.0 Å². The van der Waals surface area contributed by atoms with Crippen LogP contribution >= 0.6 is 45.8 Å². The summed E-state index contributed by atoms with van der Waals surface area (Å²) in [6.45, 7) is 26.8. The molecule has 0 saturated carbocycles. The Hall–Kier alpha value is -3.39. The Bertz CT molecular complexity index is 2180. The number of hydrogen-bond donors (Lipinski definition) is 3. The van der Waals surface area contributed by atoms with E-state index in [0.717, 1.165) is 72.5 Å². The van der Waals surface area contributed by atoms with Crippen molar-refractivity contribution in [2.45, 2.75) is 137 Å². The highest BCUT2D eigenvalue weighted by Crippen LogP contribution is 2.43. The maximum atomic E-state index is 12.3. The van der Waals surface area contributed by atoms with Crippen molar-refractivity contribution in [2.24, 2.45) is 0 Å². The van der Waals surface area contributed by atoms with Crippen LogP contribution in [0.2, 0.25) is 0 Å². The summed E-state index contributed by atoms with van der Waals surface area (Å²) in [6, 6.07) is 25.6. The first-order chi connectivity index (χ1) is 27.3. The molecule has 59 heavy (non-hydrogen) atoms. The number of fused-ring (bicyclic) bond motifs is 8. The van der Waals surface area contributed by atoms with Gasteiger partial charge >= 0.3 is 0 Å². The van der Waals surface area contributed by atoms with Crippen LogP contribution in [0, 0.1) is 3.57 Å². The lowest BCUT2D eigenvalue weighted by Gasteiger charge is -2.27. The molecular weight excluding hydrogens is 886 g/mol. The molecule has 0 heterocycles. The molecule has 7 heteroatoms. The number of alkyl halides is 2. The van der Waals surface area contributed by atoms with Crippen LogP contribution in [0.1, 0.15) is 155 Å². The molecule has 0 saturated heterocycles. The predicted molar refractivity (Wildman–Crippen MR) is 257 cm³/mol. The molecule has 8 bridgehead atoms. The summed E-state index contributed by atoms with van der Waals surface area (Å²) >= 11 is 11.9. The van der Waals surface area contributed by atoms with E-state index in [1.165, 1.54) is 9.13 Å². The van der Waals surface area contributed by atoms with E-state index in [0.29, 0.717) is 32.3 Å². The van der Waals surface area contributed by atoms with Crippen molar-refractivity contribution in [2.75, 3.05) is 5.34 Å². The molecule has 316 valence electrons. The highest BCUT2D eigenvalue weighted by molar-refractivity contribution is 14.1. The van der Waals surface area contributed by atoms with E-state index < -0.39 is 0 Å². The third-order valence-electron chi connectivity index (χ3n) is 11.3. The lowest BCUT2D eigenvalue weighted by Crippen LogP contribution is -2.16. The second-order valence-electron chi connectivity index (χ2n) is 20.3. The third-order valence-corrected chi connectivity index (χ3v) is 12.0. The first-order valence-electron chi connectivity index (χ1n) is 20.5. The molecular formula is C52H63Cl2IO4. The molecule has 6 rings (SSSR count). The molecule has 5 aromatic rings. The van der Waals surface area contributed by atoms with Gasteiger partial charge in [0.15, 0.2) is 0 Å². The third kappa shape index (κ3) is 11.3. The Balaban J connectivity index is 0.00000214. The molecule has 3 N–H and O–H groups in total. The Morgan fingerprint density at radius 2 is 0.695 bits per heavy atom. The van der Waals surface area contributed by atoms with E-state index >= 15 is 0 Å². The van der Waals surface area contributed by atoms with Crippen LogP contribution in [0.4, 0.5) is 0 Å². The van der Waals surface area contributed by atoms with Gasteiger partial charge in [-0.05, 0) is 129 Å². The number of phenolic OH excluding ortho intramolecular Hbond substituents is 3. The molecule has 0 radical (unpaired) electrons. The summed E-state index contributed by atoms with van der Waals surface area (Å²) in [5.74, 6) is 1.48. The van der Waals surface area contributed by atoms with E-state index in [1.807, 2.05) is 0 Å². The minimum atomic E-state index is -0.193. The molecule has 0 atom stereocenters. The monoisotopic (exact) mass is 948 g/mol. The van der Waals surface area contributed by atoms with Crippen molar-refractivity contribution in [3.63, 3.8) is 0 Å². The number of aromatic hydroxyl groups is 3. The summed E-state index contributed by atoms with van der Waals surface area (Å²) in [4.78, 5) is 0. The van der Waals surface area contributed by atoms with Crippen molar-refractivity contribution in [1.29, 1.82) is 0 Å². The van der Waals surface area contributed by atoms with Gasteiger partial charge < -0.3 is 20.1 Å². The van der Waals surface area contributed by atoms with Gasteiger partial charge in [-0.25, -0.2) is 0 Å². The average molecular weight is 950 g/mol. The highest BCUT2D eigenvalue weighted by atomic mass is 127. The summed E-state index contributed by atoms with van der Waals surface area (Å²) in [6.07, 6.45) is 1.60. The largest absolute Gasteiger partial charge is 0.507 e. The van der Waals surface area contributed by atoms with Crippen LogP contribution in [-0.4, -0.2) is 20.7 Å². The molecule has 0 fully saturated rings. The van der Waals surface area contributed by atoms with Crippen molar-refractivity contribution in [3.05, 3.63) is 149 Å². The minimum absolute atomic E-state index is 0.176. The standard InChI is InChI=1S/C51H61IO4.CH2Cl2/c1-48(2,3)39-21-31-17-33-23-40(49(4,5)6)25-35(45(33)54)19-37-27-42(51(10,11)12)28-38(47(37)56-29-30-13-15-43(52)16-14-30)20-36-26-41(50(7,8)9)24-34(46(36)55)18-32(22-39)44(31)53;2-1-3/h13-16,21-28,53-55H,17-20,29H2,1-12H3;1H2. The number of benzene rings is 5. The Morgan fingerprint density at radius 1 is 0.458 bits per heavy atom. The van der Waals surface area contributed by atoms with Gasteiger partial charge in [0.1, 0.15) is 29.6 Å². The fourth-order valence-electron chi connectivity index (χ4n) is 7.58. The van der Waals surface area contributed by atoms with E-state index in [9.17, 15) is 15.3 Å². The fourth-order valence-corrected chi connectivity index (χ4v) is 7.94. The lowest BCUT2D eigenvalue weighted by molar-refractivity contribution is 0.300. The summed E-state index contributed by atoms with van der Waals surface area (Å²) < 4.78 is 8.09. The summed E-state index contributed by atoms with van der Waals surface area (Å²) in [7, 11) is 0. The molecule has 0 aliphatic heterocycles. The smallest absolute Gasteiger partial charge is 0.126 e. The zero-order valence-corrected chi connectivity index (χ0v) is 40.7. The molecule has 5 aromatic carbocycles. The maximum absolute atomic E-state index is 12.3. The number of rotatable bonds is 3. The molecule has 0 aromatic heterocycles. The fraction of sp³-hybridized carbons (Fsp3) is 0.423. The van der Waals surface area contributed by atoms with Crippen molar-refractivity contribution >= 4 is 45.8 Å². The minimum Gasteiger partial charge on any atom is -0.507 e. The predicted octanol–water partition coefficient (Wildman–Crippen LogP) is 14.3. The quantitative estimate of drug-likeness (QED) is 0.122. The van der Waals surface area contributed by atoms with Crippen LogP contribution in [0.5, 0.6) is 23.0 Å². The van der Waals surface area contributed by atoms with Crippen molar-refractivity contribution in [1.82, 2.24) is 0 Å². The van der Waals surface area contributed by atoms with Crippen molar-refractivity contribution < 1.29 is 20.1 Å². The molecule has 4 nitrogen and oxygen atoms in total. The highest BCUT2D eigenvalue weighted by Gasteiger charge is 2.28. The van der Waals surface area contributed by atoms with E-state index in [4.69, 9.17) is 27.9 Å². The van der Waals surface area contributed by atoms with E-state index in [1.54, 1.807) is 0 Å². The van der Waals surface area contributed by atoms with Crippen LogP contribution in [0.25, 0.3) is 0 Å². The average Bonchev–Trinajstić information content (AvgIpc) is 3.11. The van der Waals surface area contributed by atoms with Gasteiger partial charge in [-0.1, -0.05) is 144 Å². The second-order valence-corrected chi connectivity index (χ2v) is 22.3. The first kappa shape index (κ1) is 46.7. The topological polar surface area (TPSA) is 69.9 Å². The molecule has 0 amide bonds. The first-order valence-corrected chi connectivity index (χ1v) is 22.7. The van der Waals surface area contributed by atoms with Gasteiger partial charge in [0, 0.05) is 29.3 Å². The zero-order valence-electron chi connectivity index (χ0n) is 37.1. The Labute approximate surface area is 377 Å². The SMILES string of the molecule is CC(C)(C)c1cc2c(O)c(c1)Cc1cc(C(C)(C)C)cc(c1O)Cc1cc(C(C)(C)C)cc(c1OCc1ccc(I)cc1)Cc1cc(C(C)(C)C)cc(c1O)C2.ClCCl. The van der Waals surface area contributed by atoms with E-state index in [2.05, 4.69) is 178 Å². The summed E-state index contributed by atoms with van der Waals surface area (Å²) in [5, 5.41) is 36.8. The van der Waals surface area contributed by atoms with Gasteiger partial charge in [-0.3, -0.25) is 0 Å². The maximum Gasteiger partial charge on any atom is 0.126 e. The molecule has 1 aliphatic carbocycles. The van der Waals surface area contributed by atoms with Gasteiger partial charge in [-0.15, -0.1) is 23.2 Å². The lowest BCUT2D eigenvalue weighted by atomic mass is 9.79. The summed E-state index contributed by atoms with van der Waals surface area (Å²) in [5.41, 5.74) is 11.5. The molecule has 0 unspecified atom stereocenters. The number of halogens is 3. The molecule has 1 aliphatic rings. The molecule has 0 spiro atoms. The van der Waals surface area contributed by atoms with Gasteiger partial charge in [-0.2, -0.15) is 0 Å². The van der Waals surface area contributed by atoms with Gasteiger partial charge in [0.25, 0.3) is 0 Å². The van der Waals surface area contributed by atoms with Gasteiger partial charge in [0.05, 0.1) is 5.34 Å². The van der Waals surface area contributed by atoms with Gasteiger partial charge in [0.2, 0.25) is 0 Å². The number of ether oxygens (including phenoxy) is 1. The van der Waals surface area contributed by atoms with E-state index in [-0.39, 0.29) is 44.2 Å². The number of phenols is 3. The Kier molecular flexibility index (Phi) is 14.2. The van der Waals surface area contributed by atoms with Crippen LogP contribution in [0.3, 0.4) is 0 Å². The van der Waals surface area contributed by atoms with Crippen LogP contribution < -0.4 is 4.74 Å². The van der Waals surface area contributed by atoms with Crippen molar-refractivity contribution in [3.8, 4) is 23.0 Å². The second kappa shape index (κ2) is 17.9. The zero-order chi connectivity index (χ0) is 43.8. The number of hydrogen-bond acceptors (Lipinski definition) is 4. The Morgan fingerprint density at radius 3 is 0.949 bits per heavy atom.